The molecule has 0 aromatic heterocycles. The van der Waals surface area contributed by atoms with Crippen LogP contribution in [0.4, 0.5) is 5.69 Å². The summed E-state index contributed by atoms with van der Waals surface area (Å²) in [4.78, 5) is 14.1. The van der Waals surface area contributed by atoms with Crippen LogP contribution in [0.3, 0.4) is 0 Å². The van der Waals surface area contributed by atoms with Crippen molar-refractivity contribution in [1.82, 2.24) is 10.2 Å². The van der Waals surface area contributed by atoms with E-state index >= 15 is 0 Å². The second kappa shape index (κ2) is 6.26. The lowest BCUT2D eigenvalue weighted by atomic mass is 9.93. The van der Waals surface area contributed by atoms with E-state index in [0.717, 1.165) is 6.54 Å². The summed E-state index contributed by atoms with van der Waals surface area (Å²) < 4.78 is 0. The lowest BCUT2D eigenvalue weighted by Crippen LogP contribution is -2.39. The number of anilines is 1. The van der Waals surface area contributed by atoms with Crippen LogP contribution in [0.5, 0.6) is 0 Å². The van der Waals surface area contributed by atoms with Crippen molar-refractivity contribution in [3.63, 3.8) is 0 Å². The van der Waals surface area contributed by atoms with Gasteiger partial charge in [-0.25, -0.2) is 0 Å². The highest BCUT2D eigenvalue weighted by Gasteiger charge is 2.20. The smallest absolute Gasteiger partial charge is 0.251 e. The van der Waals surface area contributed by atoms with Gasteiger partial charge in [-0.15, -0.1) is 0 Å². The van der Waals surface area contributed by atoms with E-state index in [1.165, 1.54) is 0 Å². The van der Waals surface area contributed by atoms with Gasteiger partial charge in [0.2, 0.25) is 0 Å². The molecule has 1 amide bonds. The standard InChI is InChI=1S/C14H22ClN3O/c1-14(2,9-18(3)4)8-17-13(19)10-5-6-12(16)11(15)7-10/h5-7H,8-9,16H2,1-4H3,(H,17,19). The lowest BCUT2D eigenvalue weighted by molar-refractivity contribution is 0.0929. The molecule has 0 atom stereocenters. The number of hydrogen-bond donors (Lipinski definition) is 2. The van der Waals surface area contributed by atoms with Gasteiger partial charge in [0.05, 0.1) is 10.7 Å². The van der Waals surface area contributed by atoms with Crippen molar-refractivity contribution in [2.75, 3.05) is 32.9 Å². The van der Waals surface area contributed by atoms with Crippen molar-refractivity contribution in [3.8, 4) is 0 Å². The highest BCUT2D eigenvalue weighted by molar-refractivity contribution is 6.33. The summed E-state index contributed by atoms with van der Waals surface area (Å²) in [5, 5.41) is 3.33. The molecule has 0 unspecified atom stereocenters. The van der Waals surface area contributed by atoms with Gasteiger partial charge < -0.3 is 16.0 Å². The minimum absolute atomic E-state index is 0.0107. The van der Waals surface area contributed by atoms with Gasteiger partial charge in [-0.3, -0.25) is 4.79 Å². The number of nitrogens with two attached hydrogens (primary N) is 1. The van der Waals surface area contributed by atoms with Crippen LogP contribution in [0, 0.1) is 5.41 Å². The summed E-state index contributed by atoms with van der Waals surface area (Å²) >= 11 is 5.91. The van der Waals surface area contributed by atoms with Crippen LogP contribution in [0.1, 0.15) is 24.2 Å². The van der Waals surface area contributed by atoms with Gasteiger partial charge in [0.25, 0.3) is 5.91 Å². The predicted molar refractivity (Wildman–Crippen MR) is 80.5 cm³/mol. The number of rotatable bonds is 5. The number of carbonyl (C=O) groups is 1. The number of nitrogens with zero attached hydrogens (tertiary/aromatic N) is 1. The number of benzene rings is 1. The first-order valence-electron chi connectivity index (χ1n) is 6.19. The number of carbonyl (C=O) groups excluding carboxylic acids is 1. The van der Waals surface area contributed by atoms with E-state index < -0.39 is 0 Å². The molecule has 0 saturated carbocycles. The van der Waals surface area contributed by atoms with Crippen molar-refractivity contribution < 1.29 is 4.79 Å². The Morgan fingerprint density at radius 1 is 1.42 bits per heavy atom. The average molecular weight is 284 g/mol. The van der Waals surface area contributed by atoms with Crippen molar-refractivity contribution in [1.29, 1.82) is 0 Å². The third kappa shape index (κ3) is 5.09. The molecule has 0 saturated heterocycles. The Kier molecular flexibility index (Phi) is 5.20. The van der Waals surface area contributed by atoms with Gasteiger partial charge in [-0.1, -0.05) is 25.4 Å². The number of nitrogen functional groups attached to an aromatic ring is 1. The van der Waals surface area contributed by atoms with E-state index in [2.05, 4.69) is 24.1 Å². The molecule has 0 fully saturated rings. The largest absolute Gasteiger partial charge is 0.398 e. The number of halogens is 1. The Balaban J connectivity index is 2.62. The number of nitrogens with one attached hydrogen (secondary N) is 1. The molecule has 4 nitrogen and oxygen atoms in total. The maximum absolute atomic E-state index is 12.0. The van der Waals surface area contributed by atoms with E-state index in [0.29, 0.717) is 22.8 Å². The Morgan fingerprint density at radius 2 is 2.05 bits per heavy atom. The van der Waals surface area contributed by atoms with E-state index in [9.17, 15) is 4.79 Å². The van der Waals surface area contributed by atoms with E-state index in [1.807, 2.05) is 14.1 Å². The van der Waals surface area contributed by atoms with Crippen LogP contribution in [0.2, 0.25) is 5.02 Å². The molecule has 0 aliphatic rings. The Morgan fingerprint density at radius 3 is 2.58 bits per heavy atom. The first-order chi connectivity index (χ1) is 8.71. The molecular formula is C14H22ClN3O. The third-order valence-electron chi connectivity index (χ3n) is 2.73. The van der Waals surface area contributed by atoms with Gasteiger partial charge in [-0.2, -0.15) is 0 Å². The zero-order valence-electron chi connectivity index (χ0n) is 12.0. The fourth-order valence-electron chi connectivity index (χ4n) is 2.00. The average Bonchev–Trinajstić information content (AvgIpc) is 2.28. The van der Waals surface area contributed by atoms with Crippen LogP contribution in [-0.4, -0.2) is 38.0 Å². The number of hydrogen-bond acceptors (Lipinski definition) is 3. The molecule has 1 rings (SSSR count). The maximum atomic E-state index is 12.0. The molecule has 1 aromatic rings. The first kappa shape index (κ1) is 15.8. The zero-order chi connectivity index (χ0) is 14.6. The van der Waals surface area contributed by atoms with Crippen LogP contribution in [0.15, 0.2) is 18.2 Å². The van der Waals surface area contributed by atoms with Crippen LogP contribution >= 0.6 is 11.6 Å². The molecule has 0 aliphatic heterocycles. The highest BCUT2D eigenvalue weighted by atomic mass is 35.5. The SMILES string of the molecule is CN(C)CC(C)(C)CNC(=O)c1ccc(N)c(Cl)c1. The molecule has 0 spiro atoms. The Labute approximate surface area is 119 Å². The minimum atomic E-state index is -0.131. The summed E-state index contributed by atoms with van der Waals surface area (Å²) in [5.41, 5.74) is 6.63. The van der Waals surface area contributed by atoms with Crippen molar-refractivity contribution in [2.45, 2.75) is 13.8 Å². The molecule has 0 aliphatic carbocycles. The summed E-state index contributed by atoms with van der Waals surface area (Å²) in [6.07, 6.45) is 0. The van der Waals surface area contributed by atoms with Gasteiger partial charge >= 0.3 is 0 Å². The second-order valence-corrected chi connectivity index (χ2v) is 6.23. The molecule has 0 bridgehead atoms. The molecule has 5 heteroatoms. The minimum Gasteiger partial charge on any atom is -0.398 e. The van der Waals surface area contributed by atoms with Crippen LogP contribution in [0.25, 0.3) is 0 Å². The normalized spacial score (nSPS) is 11.7. The highest BCUT2D eigenvalue weighted by Crippen LogP contribution is 2.20. The quantitative estimate of drug-likeness (QED) is 0.815. The Hall–Kier alpha value is -1.26. The van der Waals surface area contributed by atoms with Gasteiger partial charge in [0, 0.05) is 18.7 Å². The van der Waals surface area contributed by atoms with Gasteiger partial charge in [-0.05, 0) is 37.7 Å². The fraction of sp³-hybridized carbons (Fsp3) is 0.500. The fourth-order valence-corrected chi connectivity index (χ4v) is 2.18. The number of amides is 1. The first-order valence-corrected chi connectivity index (χ1v) is 6.57. The Bertz CT molecular complexity index is 458. The van der Waals surface area contributed by atoms with E-state index in [-0.39, 0.29) is 11.3 Å². The molecule has 0 radical (unpaired) electrons. The topological polar surface area (TPSA) is 58.4 Å². The zero-order valence-corrected chi connectivity index (χ0v) is 12.7. The van der Waals surface area contributed by atoms with Crippen LogP contribution < -0.4 is 11.1 Å². The lowest BCUT2D eigenvalue weighted by Gasteiger charge is -2.28. The molecule has 3 N–H and O–H groups in total. The summed E-state index contributed by atoms with van der Waals surface area (Å²) in [6, 6.07) is 4.91. The van der Waals surface area contributed by atoms with Crippen molar-refractivity contribution in [2.24, 2.45) is 5.41 Å². The third-order valence-corrected chi connectivity index (χ3v) is 3.06. The summed E-state index contributed by atoms with van der Waals surface area (Å²) in [7, 11) is 4.03. The molecule has 106 valence electrons. The predicted octanol–water partition coefficient (Wildman–Crippen LogP) is 2.24. The van der Waals surface area contributed by atoms with E-state index in [4.69, 9.17) is 17.3 Å². The van der Waals surface area contributed by atoms with Gasteiger partial charge in [0.1, 0.15) is 0 Å². The molecular weight excluding hydrogens is 262 g/mol. The van der Waals surface area contributed by atoms with E-state index in [1.54, 1.807) is 18.2 Å². The summed E-state index contributed by atoms with van der Waals surface area (Å²) in [5.74, 6) is -0.131. The van der Waals surface area contributed by atoms with Crippen LogP contribution in [-0.2, 0) is 0 Å². The monoisotopic (exact) mass is 283 g/mol. The molecule has 0 heterocycles. The summed E-state index contributed by atoms with van der Waals surface area (Å²) in [6.45, 7) is 5.73. The molecule has 1 aromatic carbocycles. The van der Waals surface area contributed by atoms with Crippen molar-refractivity contribution >= 4 is 23.2 Å². The second-order valence-electron chi connectivity index (χ2n) is 5.82. The van der Waals surface area contributed by atoms with Gasteiger partial charge in [0.15, 0.2) is 0 Å². The molecule has 19 heavy (non-hydrogen) atoms. The maximum Gasteiger partial charge on any atom is 0.251 e. The van der Waals surface area contributed by atoms with Crippen molar-refractivity contribution in [3.05, 3.63) is 28.8 Å².